The molecule has 4 nitrogen and oxygen atoms in total. The number of nitriles is 2. The fourth-order valence-corrected chi connectivity index (χ4v) is 2.07. The van der Waals surface area contributed by atoms with E-state index >= 15 is 0 Å². The number of nitrogens with zero attached hydrogens (tertiary/aromatic N) is 2. The van der Waals surface area contributed by atoms with Gasteiger partial charge in [-0.3, -0.25) is 0 Å². The summed E-state index contributed by atoms with van der Waals surface area (Å²) in [4.78, 5) is 0. The van der Waals surface area contributed by atoms with Crippen molar-refractivity contribution in [1.29, 1.82) is 10.5 Å². The second-order valence-corrected chi connectivity index (χ2v) is 4.63. The highest BCUT2D eigenvalue weighted by Crippen LogP contribution is 2.29. The molecule has 0 aliphatic carbocycles. The lowest BCUT2D eigenvalue weighted by Crippen LogP contribution is -2.08. The molecule has 0 bridgehead atoms. The van der Waals surface area contributed by atoms with Gasteiger partial charge in [0.1, 0.15) is 5.75 Å². The van der Waals surface area contributed by atoms with Gasteiger partial charge in [0.2, 0.25) is 0 Å². The fourth-order valence-electron chi connectivity index (χ4n) is 2.07. The van der Waals surface area contributed by atoms with Gasteiger partial charge in [-0.1, -0.05) is 12.1 Å². The van der Waals surface area contributed by atoms with E-state index in [4.69, 9.17) is 15.3 Å². The number of benzene rings is 2. The molecule has 1 atom stereocenters. The summed E-state index contributed by atoms with van der Waals surface area (Å²) in [6, 6.07) is 17.0. The summed E-state index contributed by atoms with van der Waals surface area (Å²) in [7, 11) is 1.57. The standard InChI is InChI=1S/C17H15N3O/c1-12(15-5-3-4-13(8-15)10-18)20-16-7-6-14(11-19)9-17(16)21-2/h3-9,12,20H,1-2H3. The zero-order valence-corrected chi connectivity index (χ0v) is 11.9. The molecule has 0 amide bonds. The van der Waals surface area contributed by atoms with Crippen LogP contribution in [0.5, 0.6) is 5.75 Å². The smallest absolute Gasteiger partial charge is 0.143 e. The average molecular weight is 277 g/mol. The molecule has 1 N–H and O–H groups in total. The number of ether oxygens (including phenoxy) is 1. The number of rotatable bonds is 4. The number of hydrogen-bond acceptors (Lipinski definition) is 4. The molecular formula is C17H15N3O. The van der Waals surface area contributed by atoms with Crippen molar-refractivity contribution in [2.45, 2.75) is 13.0 Å². The maximum atomic E-state index is 8.95. The summed E-state index contributed by atoms with van der Waals surface area (Å²) in [6.45, 7) is 2.01. The Balaban J connectivity index is 2.25. The molecule has 0 radical (unpaired) electrons. The van der Waals surface area contributed by atoms with Crippen molar-refractivity contribution in [1.82, 2.24) is 0 Å². The lowest BCUT2D eigenvalue weighted by Gasteiger charge is -2.18. The highest BCUT2D eigenvalue weighted by Gasteiger charge is 2.10. The van der Waals surface area contributed by atoms with Crippen LogP contribution < -0.4 is 10.1 Å². The molecule has 4 heteroatoms. The third-order valence-corrected chi connectivity index (χ3v) is 3.22. The van der Waals surface area contributed by atoms with E-state index in [0.29, 0.717) is 16.9 Å². The summed E-state index contributed by atoms with van der Waals surface area (Å²) >= 11 is 0. The molecule has 0 heterocycles. The van der Waals surface area contributed by atoms with E-state index < -0.39 is 0 Å². The molecule has 0 aliphatic heterocycles. The van der Waals surface area contributed by atoms with E-state index in [1.165, 1.54) is 0 Å². The Bertz CT molecular complexity index is 726. The Labute approximate surface area is 124 Å². The summed E-state index contributed by atoms with van der Waals surface area (Å²) in [5.74, 6) is 0.623. The first-order valence-electron chi connectivity index (χ1n) is 6.52. The highest BCUT2D eigenvalue weighted by molar-refractivity contribution is 5.60. The van der Waals surface area contributed by atoms with E-state index in [9.17, 15) is 0 Å². The first-order chi connectivity index (χ1) is 10.2. The van der Waals surface area contributed by atoms with Crippen LogP contribution in [0.3, 0.4) is 0 Å². The minimum absolute atomic E-state index is 0.0140. The molecule has 21 heavy (non-hydrogen) atoms. The third kappa shape index (κ3) is 3.32. The van der Waals surface area contributed by atoms with Crippen LogP contribution in [0.25, 0.3) is 0 Å². The van der Waals surface area contributed by atoms with Crippen molar-refractivity contribution >= 4 is 5.69 Å². The van der Waals surface area contributed by atoms with Gasteiger partial charge in [-0.15, -0.1) is 0 Å². The van der Waals surface area contributed by atoms with Gasteiger partial charge in [-0.2, -0.15) is 10.5 Å². The number of nitrogens with one attached hydrogen (secondary N) is 1. The van der Waals surface area contributed by atoms with Gasteiger partial charge in [0.15, 0.2) is 0 Å². The van der Waals surface area contributed by atoms with Crippen LogP contribution in [0.2, 0.25) is 0 Å². The Morgan fingerprint density at radius 3 is 2.43 bits per heavy atom. The number of hydrogen-bond donors (Lipinski definition) is 1. The summed E-state index contributed by atoms with van der Waals surface area (Å²) in [5, 5.41) is 21.2. The second-order valence-electron chi connectivity index (χ2n) is 4.63. The van der Waals surface area contributed by atoms with Crippen LogP contribution in [-0.2, 0) is 0 Å². The zero-order valence-electron chi connectivity index (χ0n) is 11.9. The molecule has 2 rings (SSSR count). The normalized spacial score (nSPS) is 11.0. The predicted octanol–water partition coefficient (Wildman–Crippen LogP) is 3.61. The van der Waals surface area contributed by atoms with Gasteiger partial charge in [0, 0.05) is 12.1 Å². The Hall–Kier alpha value is -2.98. The molecule has 0 fully saturated rings. The van der Waals surface area contributed by atoms with Gasteiger partial charge in [0.25, 0.3) is 0 Å². The lowest BCUT2D eigenvalue weighted by molar-refractivity contribution is 0.416. The quantitative estimate of drug-likeness (QED) is 0.926. The van der Waals surface area contributed by atoms with E-state index in [1.54, 1.807) is 25.3 Å². The maximum Gasteiger partial charge on any atom is 0.143 e. The average Bonchev–Trinajstić information content (AvgIpc) is 2.55. The second kappa shape index (κ2) is 6.45. The van der Waals surface area contributed by atoms with Gasteiger partial charge < -0.3 is 10.1 Å². The number of anilines is 1. The van der Waals surface area contributed by atoms with Crippen LogP contribution in [0, 0.1) is 22.7 Å². The highest BCUT2D eigenvalue weighted by atomic mass is 16.5. The van der Waals surface area contributed by atoms with Crippen LogP contribution in [0.4, 0.5) is 5.69 Å². The van der Waals surface area contributed by atoms with Gasteiger partial charge in [-0.25, -0.2) is 0 Å². The monoisotopic (exact) mass is 277 g/mol. The minimum Gasteiger partial charge on any atom is -0.495 e. The molecule has 0 saturated heterocycles. The van der Waals surface area contributed by atoms with E-state index in [2.05, 4.69) is 17.5 Å². The van der Waals surface area contributed by atoms with Crippen molar-refractivity contribution < 1.29 is 4.74 Å². The molecule has 0 aliphatic rings. The molecular weight excluding hydrogens is 262 g/mol. The van der Waals surface area contributed by atoms with Crippen molar-refractivity contribution in [3.8, 4) is 17.9 Å². The topological polar surface area (TPSA) is 68.8 Å². The fraction of sp³-hybridized carbons (Fsp3) is 0.176. The zero-order chi connectivity index (χ0) is 15.2. The van der Waals surface area contributed by atoms with Gasteiger partial charge in [-0.05, 0) is 36.8 Å². The van der Waals surface area contributed by atoms with Crippen molar-refractivity contribution in [2.75, 3.05) is 12.4 Å². The summed E-state index contributed by atoms with van der Waals surface area (Å²) in [6.07, 6.45) is 0. The Kier molecular flexibility index (Phi) is 4.43. The van der Waals surface area contributed by atoms with Gasteiger partial charge in [0.05, 0.1) is 36.1 Å². The third-order valence-electron chi connectivity index (χ3n) is 3.22. The molecule has 104 valence electrons. The van der Waals surface area contributed by atoms with Crippen molar-refractivity contribution in [3.63, 3.8) is 0 Å². The minimum atomic E-state index is 0.0140. The van der Waals surface area contributed by atoms with E-state index in [-0.39, 0.29) is 6.04 Å². The Morgan fingerprint density at radius 1 is 1.05 bits per heavy atom. The van der Waals surface area contributed by atoms with Crippen LogP contribution in [-0.4, -0.2) is 7.11 Å². The van der Waals surface area contributed by atoms with E-state index in [1.807, 2.05) is 31.2 Å². The van der Waals surface area contributed by atoms with Crippen LogP contribution in [0.15, 0.2) is 42.5 Å². The maximum absolute atomic E-state index is 8.95. The summed E-state index contributed by atoms with van der Waals surface area (Å²) in [5.41, 5.74) is 3.01. The Morgan fingerprint density at radius 2 is 1.76 bits per heavy atom. The molecule has 1 unspecified atom stereocenters. The van der Waals surface area contributed by atoms with E-state index in [0.717, 1.165) is 11.3 Å². The SMILES string of the molecule is COc1cc(C#N)ccc1NC(C)c1cccc(C#N)c1. The summed E-state index contributed by atoms with van der Waals surface area (Å²) < 4.78 is 5.30. The van der Waals surface area contributed by atoms with Gasteiger partial charge >= 0.3 is 0 Å². The van der Waals surface area contributed by atoms with Crippen molar-refractivity contribution in [2.24, 2.45) is 0 Å². The molecule has 0 aromatic heterocycles. The molecule has 2 aromatic rings. The number of methoxy groups -OCH3 is 1. The van der Waals surface area contributed by atoms with Crippen molar-refractivity contribution in [3.05, 3.63) is 59.2 Å². The predicted molar refractivity (Wildman–Crippen MR) is 80.9 cm³/mol. The first-order valence-corrected chi connectivity index (χ1v) is 6.52. The molecule has 2 aromatic carbocycles. The lowest BCUT2D eigenvalue weighted by atomic mass is 10.1. The molecule has 0 saturated carbocycles. The van der Waals surface area contributed by atoms with Crippen LogP contribution >= 0.6 is 0 Å². The first kappa shape index (κ1) is 14.4. The largest absolute Gasteiger partial charge is 0.495 e. The van der Waals surface area contributed by atoms with Crippen LogP contribution in [0.1, 0.15) is 29.7 Å². The molecule has 0 spiro atoms.